The predicted octanol–water partition coefficient (Wildman–Crippen LogP) is 3.23. The van der Waals surface area contributed by atoms with Gasteiger partial charge in [-0.1, -0.05) is 42.5 Å². The van der Waals surface area contributed by atoms with Gasteiger partial charge < -0.3 is 4.74 Å². The number of hydrogen-bond acceptors (Lipinski definition) is 4. The van der Waals surface area contributed by atoms with Crippen LogP contribution in [0.15, 0.2) is 54.6 Å². The standard InChI is InChI=1S/C21H21NO4/c1-3-26-21(25)20-18(14(2)23)13-19(24)22(20)17-11-9-16(10-12-17)15-7-5-4-6-8-15/h4-12,18,20H,3,13H2,1-2H3. The number of amides is 1. The second kappa shape index (κ2) is 7.52. The summed E-state index contributed by atoms with van der Waals surface area (Å²) in [5.74, 6) is -1.63. The van der Waals surface area contributed by atoms with E-state index in [0.717, 1.165) is 11.1 Å². The van der Waals surface area contributed by atoms with Crippen molar-refractivity contribution in [3.8, 4) is 11.1 Å². The molecule has 1 aliphatic heterocycles. The van der Waals surface area contributed by atoms with Crippen molar-refractivity contribution >= 4 is 23.3 Å². The minimum Gasteiger partial charge on any atom is -0.464 e. The lowest BCUT2D eigenvalue weighted by Crippen LogP contribution is -2.44. The summed E-state index contributed by atoms with van der Waals surface area (Å²) >= 11 is 0. The summed E-state index contributed by atoms with van der Waals surface area (Å²) in [6, 6.07) is 16.4. The van der Waals surface area contributed by atoms with Crippen LogP contribution in [0.25, 0.3) is 11.1 Å². The van der Waals surface area contributed by atoms with Gasteiger partial charge in [-0.15, -0.1) is 0 Å². The van der Waals surface area contributed by atoms with E-state index in [0.29, 0.717) is 5.69 Å². The zero-order valence-corrected chi connectivity index (χ0v) is 14.8. The predicted molar refractivity (Wildman–Crippen MR) is 98.6 cm³/mol. The highest BCUT2D eigenvalue weighted by Gasteiger charge is 2.47. The molecule has 2 unspecified atom stereocenters. The van der Waals surface area contributed by atoms with Gasteiger partial charge >= 0.3 is 5.97 Å². The van der Waals surface area contributed by atoms with Crippen molar-refractivity contribution in [1.82, 2.24) is 0 Å². The zero-order valence-electron chi connectivity index (χ0n) is 14.8. The fourth-order valence-corrected chi connectivity index (χ4v) is 3.35. The second-order valence-electron chi connectivity index (χ2n) is 6.29. The molecule has 0 N–H and O–H groups in total. The van der Waals surface area contributed by atoms with E-state index in [1.165, 1.54) is 11.8 Å². The zero-order chi connectivity index (χ0) is 18.7. The molecule has 5 heteroatoms. The molecule has 26 heavy (non-hydrogen) atoms. The van der Waals surface area contributed by atoms with Crippen molar-refractivity contribution in [2.24, 2.45) is 5.92 Å². The van der Waals surface area contributed by atoms with Gasteiger partial charge in [-0.25, -0.2) is 4.79 Å². The van der Waals surface area contributed by atoms with Crippen molar-refractivity contribution < 1.29 is 19.1 Å². The summed E-state index contributed by atoms with van der Waals surface area (Å²) in [6.07, 6.45) is 0.0270. The monoisotopic (exact) mass is 351 g/mol. The van der Waals surface area contributed by atoms with Crippen LogP contribution in [0.4, 0.5) is 5.69 Å². The number of ether oxygens (including phenoxy) is 1. The maximum Gasteiger partial charge on any atom is 0.330 e. The smallest absolute Gasteiger partial charge is 0.330 e. The van der Waals surface area contributed by atoms with Crippen molar-refractivity contribution in [2.75, 3.05) is 11.5 Å². The summed E-state index contributed by atoms with van der Waals surface area (Å²) in [5.41, 5.74) is 2.67. The van der Waals surface area contributed by atoms with Gasteiger partial charge in [0, 0.05) is 12.1 Å². The lowest BCUT2D eigenvalue weighted by molar-refractivity contribution is -0.147. The van der Waals surface area contributed by atoms with Crippen LogP contribution in [0.5, 0.6) is 0 Å². The minimum absolute atomic E-state index is 0.0270. The Kier molecular flexibility index (Phi) is 5.16. The van der Waals surface area contributed by atoms with Gasteiger partial charge in [-0.2, -0.15) is 0 Å². The first-order chi connectivity index (χ1) is 12.5. The van der Waals surface area contributed by atoms with E-state index in [9.17, 15) is 14.4 Å². The molecule has 2 aromatic rings. The van der Waals surface area contributed by atoms with E-state index < -0.39 is 17.9 Å². The molecule has 1 saturated heterocycles. The van der Waals surface area contributed by atoms with Crippen LogP contribution in [0.3, 0.4) is 0 Å². The van der Waals surface area contributed by atoms with Gasteiger partial charge in [0.1, 0.15) is 11.8 Å². The third kappa shape index (κ3) is 3.38. The Hall–Kier alpha value is -2.95. The topological polar surface area (TPSA) is 63.7 Å². The van der Waals surface area contributed by atoms with Crippen LogP contribution in [0.1, 0.15) is 20.3 Å². The van der Waals surface area contributed by atoms with Gasteiger partial charge in [0.2, 0.25) is 5.91 Å². The Bertz CT molecular complexity index is 814. The Morgan fingerprint density at radius 1 is 1.04 bits per heavy atom. The van der Waals surface area contributed by atoms with Gasteiger partial charge in [0.15, 0.2) is 0 Å². The molecule has 134 valence electrons. The van der Waals surface area contributed by atoms with Gasteiger partial charge in [-0.3, -0.25) is 14.5 Å². The molecule has 3 rings (SSSR count). The first-order valence-corrected chi connectivity index (χ1v) is 8.67. The number of nitrogens with zero attached hydrogens (tertiary/aromatic N) is 1. The average molecular weight is 351 g/mol. The maximum atomic E-state index is 12.5. The Balaban J connectivity index is 1.93. The lowest BCUT2D eigenvalue weighted by Gasteiger charge is -2.25. The molecule has 0 saturated carbocycles. The van der Waals surface area contributed by atoms with Gasteiger partial charge in [0.05, 0.1) is 12.5 Å². The molecular formula is C21H21NO4. The third-order valence-corrected chi connectivity index (χ3v) is 4.63. The van der Waals surface area contributed by atoms with Crippen molar-refractivity contribution in [3.63, 3.8) is 0 Å². The first kappa shape index (κ1) is 17.9. The minimum atomic E-state index is -0.900. The molecule has 0 radical (unpaired) electrons. The van der Waals surface area contributed by atoms with Crippen LogP contribution >= 0.6 is 0 Å². The van der Waals surface area contributed by atoms with Crippen LogP contribution in [-0.4, -0.2) is 30.3 Å². The van der Waals surface area contributed by atoms with Crippen molar-refractivity contribution in [3.05, 3.63) is 54.6 Å². The molecule has 1 amide bonds. The quantitative estimate of drug-likeness (QED) is 0.776. The molecular weight excluding hydrogens is 330 g/mol. The van der Waals surface area contributed by atoms with E-state index in [4.69, 9.17) is 4.74 Å². The number of anilines is 1. The second-order valence-corrected chi connectivity index (χ2v) is 6.29. The summed E-state index contributed by atoms with van der Waals surface area (Å²) in [4.78, 5) is 38.3. The Morgan fingerprint density at radius 3 is 2.23 bits per heavy atom. The largest absolute Gasteiger partial charge is 0.464 e. The third-order valence-electron chi connectivity index (χ3n) is 4.63. The van der Waals surface area contributed by atoms with E-state index in [2.05, 4.69) is 0 Å². The number of hydrogen-bond donors (Lipinski definition) is 0. The Labute approximate surface area is 152 Å². The van der Waals surface area contributed by atoms with E-state index in [1.54, 1.807) is 19.1 Å². The lowest BCUT2D eigenvalue weighted by atomic mass is 9.96. The van der Waals surface area contributed by atoms with E-state index in [1.807, 2.05) is 42.5 Å². The summed E-state index contributed by atoms with van der Waals surface area (Å²) < 4.78 is 5.11. The molecule has 0 aromatic heterocycles. The molecule has 1 aliphatic rings. The van der Waals surface area contributed by atoms with Crippen LogP contribution in [-0.2, 0) is 19.1 Å². The van der Waals surface area contributed by atoms with Crippen LogP contribution < -0.4 is 4.90 Å². The molecule has 2 aromatic carbocycles. The van der Waals surface area contributed by atoms with E-state index in [-0.39, 0.29) is 24.7 Å². The average Bonchev–Trinajstić information content (AvgIpc) is 3.00. The van der Waals surface area contributed by atoms with Crippen LogP contribution in [0, 0.1) is 5.92 Å². The summed E-state index contributed by atoms with van der Waals surface area (Å²) in [6.45, 7) is 3.32. The highest BCUT2D eigenvalue weighted by molar-refractivity contribution is 6.07. The first-order valence-electron chi connectivity index (χ1n) is 8.67. The van der Waals surface area contributed by atoms with Crippen LogP contribution in [0.2, 0.25) is 0 Å². The van der Waals surface area contributed by atoms with E-state index >= 15 is 0 Å². The molecule has 5 nitrogen and oxygen atoms in total. The molecule has 1 heterocycles. The van der Waals surface area contributed by atoms with Gasteiger partial charge in [-0.05, 0) is 37.1 Å². The van der Waals surface area contributed by atoms with Gasteiger partial charge in [0.25, 0.3) is 0 Å². The number of benzene rings is 2. The fourth-order valence-electron chi connectivity index (χ4n) is 3.35. The maximum absolute atomic E-state index is 12.5. The Morgan fingerprint density at radius 2 is 1.65 bits per heavy atom. The molecule has 0 aliphatic carbocycles. The SMILES string of the molecule is CCOC(=O)C1C(C(C)=O)CC(=O)N1c1ccc(-c2ccccc2)cc1. The molecule has 2 atom stereocenters. The molecule has 0 bridgehead atoms. The van der Waals surface area contributed by atoms with Crippen molar-refractivity contribution in [2.45, 2.75) is 26.3 Å². The molecule has 1 fully saturated rings. The highest BCUT2D eigenvalue weighted by Crippen LogP contribution is 2.33. The number of Topliss-reactive ketones (excluding diaryl/α,β-unsaturated/α-hetero) is 1. The molecule has 0 spiro atoms. The normalized spacial score (nSPS) is 19.5. The number of rotatable bonds is 5. The number of carbonyl (C=O) groups is 3. The number of esters is 1. The number of ketones is 1. The van der Waals surface area contributed by atoms with Crippen molar-refractivity contribution in [1.29, 1.82) is 0 Å². The number of carbonyl (C=O) groups excluding carboxylic acids is 3. The summed E-state index contributed by atoms with van der Waals surface area (Å²) in [7, 11) is 0. The highest BCUT2D eigenvalue weighted by atomic mass is 16.5. The summed E-state index contributed by atoms with van der Waals surface area (Å²) in [5, 5.41) is 0. The fraction of sp³-hybridized carbons (Fsp3) is 0.286.